The van der Waals surface area contributed by atoms with Crippen LogP contribution in [0.4, 0.5) is 18.0 Å². The van der Waals surface area contributed by atoms with E-state index >= 15 is 0 Å². The number of hydrogen-bond donors (Lipinski definition) is 1. The summed E-state index contributed by atoms with van der Waals surface area (Å²) in [6.45, 7) is 0.296. The van der Waals surface area contributed by atoms with Crippen molar-refractivity contribution >= 4 is 11.9 Å². The van der Waals surface area contributed by atoms with Crippen molar-refractivity contribution in [2.24, 2.45) is 0 Å². The summed E-state index contributed by atoms with van der Waals surface area (Å²) in [4.78, 5) is 24.0. The highest BCUT2D eigenvalue weighted by atomic mass is 19.4. The highest BCUT2D eigenvalue weighted by molar-refractivity contribution is 6.07. The summed E-state index contributed by atoms with van der Waals surface area (Å²) in [6, 6.07) is 6.72. The molecule has 2 rings (SSSR count). The number of halogens is 3. The molecule has 1 atom stereocenters. The summed E-state index contributed by atoms with van der Waals surface area (Å²) >= 11 is 0. The van der Waals surface area contributed by atoms with Gasteiger partial charge in [0.25, 0.3) is 5.91 Å². The molecule has 1 saturated heterocycles. The molecule has 1 aromatic rings. The molecule has 110 valence electrons. The number of nitrogens with zero attached hydrogens (tertiary/aromatic N) is 2. The Morgan fingerprint density at radius 3 is 2.57 bits per heavy atom. The lowest BCUT2D eigenvalue weighted by Gasteiger charge is -2.24. The normalized spacial score (nSPS) is 22.1. The van der Waals surface area contributed by atoms with Crippen molar-refractivity contribution in [2.75, 3.05) is 0 Å². The summed E-state index contributed by atoms with van der Waals surface area (Å²) in [6.07, 6.45) is -4.89. The minimum Gasteiger partial charge on any atom is -0.316 e. The zero-order valence-corrected chi connectivity index (χ0v) is 10.9. The monoisotopic (exact) mass is 297 g/mol. The molecular formula is C13H10F3N3O2. The van der Waals surface area contributed by atoms with Crippen LogP contribution in [0, 0.1) is 11.3 Å². The van der Waals surface area contributed by atoms with Gasteiger partial charge in [-0.15, -0.1) is 0 Å². The first-order valence-electron chi connectivity index (χ1n) is 5.89. The van der Waals surface area contributed by atoms with Gasteiger partial charge in [0.15, 0.2) is 0 Å². The van der Waals surface area contributed by atoms with E-state index in [1.54, 1.807) is 5.32 Å². The summed E-state index contributed by atoms with van der Waals surface area (Å²) in [7, 11) is 0. The van der Waals surface area contributed by atoms with Gasteiger partial charge in [-0.1, -0.05) is 12.1 Å². The largest absolute Gasteiger partial charge is 0.420 e. The third kappa shape index (κ3) is 2.42. The van der Waals surface area contributed by atoms with Gasteiger partial charge >= 0.3 is 12.2 Å². The second kappa shape index (κ2) is 4.77. The molecule has 3 amide bonds. The third-order valence-electron chi connectivity index (χ3n) is 3.24. The van der Waals surface area contributed by atoms with E-state index in [1.807, 2.05) is 6.07 Å². The maximum Gasteiger partial charge on any atom is 0.420 e. The summed E-state index contributed by atoms with van der Waals surface area (Å²) in [5.74, 6) is -1.36. The molecule has 1 N–H and O–H groups in total. The second-order valence-corrected chi connectivity index (χ2v) is 4.76. The van der Waals surface area contributed by atoms with Gasteiger partial charge in [-0.25, -0.2) is 4.79 Å². The van der Waals surface area contributed by atoms with E-state index in [4.69, 9.17) is 5.26 Å². The Balaban J connectivity index is 2.28. The molecular weight excluding hydrogens is 287 g/mol. The second-order valence-electron chi connectivity index (χ2n) is 4.76. The van der Waals surface area contributed by atoms with Crippen LogP contribution in [-0.4, -0.2) is 28.6 Å². The van der Waals surface area contributed by atoms with Crippen LogP contribution in [-0.2, 0) is 11.3 Å². The standard InChI is InChI=1S/C13H10F3N3O2/c1-12(13(14,15)16)10(20)19(11(21)18-12)7-9-4-2-3-8(5-9)6-17/h2-5H,7H2,1H3,(H,18,21). The molecule has 0 bridgehead atoms. The van der Waals surface area contributed by atoms with Crippen molar-refractivity contribution in [3.8, 4) is 6.07 Å². The van der Waals surface area contributed by atoms with E-state index in [-0.39, 0.29) is 12.1 Å². The molecule has 0 aliphatic carbocycles. The van der Waals surface area contributed by atoms with Crippen molar-refractivity contribution in [3.63, 3.8) is 0 Å². The SMILES string of the molecule is CC1(C(F)(F)F)NC(=O)N(Cc2cccc(C#N)c2)C1=O. The lowest BCUT2D eigenvalue weighted by molar-refractivity contribution is -0.191. The van der Waals surface area contributed by atoms with E-state index in [2.05, 4.69) is 0 Å². The zero-order valence-electron chi connectivity index (χ0n) is 10.9. The summed E-state index contributed by atoms with van der Waals surface area (Å²) < 4.78 is 38.7. The fourth-order valence-corrected chi connectivity index (χ4v) is 1.95. The lowest BCUT2D eigenvalue weighted by Crippen LogP contribution is -2.56. The van der Waals surface area contributed by atoms with Crippen LogP contribution >= 0.6 is 0 Å². The molecule has 1 aliphatic heterocycles. The molecule has 5 nitrogen and oxygen atoms in total. The fourth-order valence-electron chi connectivity index (χ4n) is 1.95. The number of carbonyl (C=O) groups is 2. The molecule has 21 heavy (non-hydrogen) atoms. The zero-order chi connectivity index (χ0) is 15.8. The Bertz CT molecular complexity index is 651. The number of carbonyl (C=O) groups excluding carboxylic acids is 2. The molecule has 1 unspecified atom stereocenters. The number of hydrogen-bond acceptors (Lipinski definition) is 3. The minimum absolute atomic E-state index is 0.290. The van der Waals surface area contributed by atoms with Crippen LogP contribution < -0.4 is 5.32 Å². The van der Waals surface area contributed by atoms with Gasteiger partial charge in [0.1, 0.15) is 0 Å². The van der Waals surface area contributed by atoms with E-state index in [1.165, 1.54) is 24.3 Å². The van der Waals surface area contributed by atoms with Crippen LogP contribution in [0.2, 0.25) is 0 Å². The van der Waals surface area contributed by atoms with Gasteiger partial charge in [0.2, 0.25) is 5.54 Å². The van der Waals surface area contributed by atoms with Gasteiger partial charge in [-0.05, 0) is 24.6 Å². The van der Waals surface area contributed by atoms with Gasteiger partial charge in [-0.2, -0.15) is 18.4 Å². The maximum atomic E-state index is 12.9. The number of rotatable bonds is 2. The van der Waals surface area contributed by atoms with E-state index in [0.29, 0.717) is 17.4 Å². The smallest absolute Gasteiger partial charge is 0.316 e. The Hall–Kier alpha value is -2.56. The van der Waals surface area contributed by atoms with Crippen LogP contribution in [0.15, 0.2) is 24.3 Å². The number of alkyl halides is 3. The van der Waals surface area contributed by atoms with E-state index in [0.717, 1.165) is 0 Å². The van der Waals surface area contributed by atoms with Gasteiger partial charge < -0.3 is 5.32 Å². The molecule has 1 aromatic carbocycles. The van der Waals surface area contributed by atoms with Crippen LogP contribution in [0.5, 0.6) is 0 Å². The average molecular weight is 297 g/mol. The van der Waals surface area contributed by atoms with Crippen molar-refractivity contribution in [2.45, 2.75) is 25.2 Å². The summed E-state index contributed by atoms with van der Waals surface area (Å²) in [5, 5.41) is 10.4. The Morgan fingerprint density at radius 2 is 2.05 bits per heavy atom. The van der Waals surface area contributed by atoms with Gasteiger partial charge in [0, 0.05) is 0 Å². The van der Waals surface area contributed by atoms with E-state index in [9.17, 15) is 22.8 Å². The Kier molecular flexibility index (Phi) is 3.37. The van der Waals surface area contributed by atoms with Crippen LogP contribution in [0.1, 0.15) is 18.1 Å². The molecule has 0 spiro atoms. The fraction of sp³-hybridized carbons (Fsp3) is 0.308. The number of nitriles is 1. The molecule has 0 aromatic heterocycles. The number of imide groups is 1. The van der Waals surface area contributed by atoms with Crippen molar-refractivity contribution in [1.82, 2.24) is 10.2 Å². The first-order valence-corrected chi connectivity index (χ1v) is 5.89. The predicted molar refractivity (Wildman–Crippen MR) is 64.7 cm³/mol. The minimum atomic E-state index is -4.89. The predicted octanol–water partition coefficient (Wildman–Crippen LogP) is 1.93. The molecule has 1 aliphatic rings. The summed E-state index contributed by atoms with van der Waals surface area (Å²) in [5.41, 5.74) is -2.24. The lowest BCUT2D eigenvalue weighted by atomic mass is 10.0. The highest BCUT2D eigenvalue weighted by Crippen LogP contribution is 2.35. The molecule has 0 radical (unpaired) electrons. The molecule has 1 heterocycles. The number of urea groups is 1. The van der Waals surface area contributed by atoms with E-state index < -0.39 is 23.7 Å². The van der Waals surface area contributed by atoms with Crippen molar-refractivity contribution < 1.29 is 22.8 Å². The third-order valence-corrected chi connectivity index (χ3v) is 3.24. The first kappa shape index (κ1) is 14.8. The Labute approximate surface area is 118 Å². The molecule has 0 saturated carbocycles. The van der Waals surface area contributed by atoms with Crippen molar-refractivity contribution in [1.29, 1.82) is 5.26 Å². The quantitative estimate of drug-likeness (QED) is 0.848. The molecule has 1 fully saturated rings. The van der Waals surface area contributed by atoms with Crippen LogP contribution in [0.3, 0.4) is 0 Å². The highest BCUT2D eigenvalue weighted by Gasteiger charge is 2.64. The first-order chi connectivity index (χ1) is 9.69. The van der Waals surface area contributed by atoms with Gasteiger partial charge in [-0.3, -0.25) is 9.69 Å². The molecule has 8 heteroatoms. The number of benzene rings is 1. The van der Waals surface area contributed by atoms with Crippen LogP contribution in [0.25, 0.3) is 0 Å². The average Bonchev–Trinajstić information content (AvgIpc) is 2.63. The van der Waals surface area contributed by atoms with Crippen molar-refractivity contribution in [3.05, 3.63) is 35.4 Å². The van der Waals surface area contributed by atoms with Gasteiger partial charge in [0.05, 0.1) is 18.2 Å². The maximum absolute atomic E-state index is 12.9. The topological polar surface area (TPSA) is 73.2 Å². The Morgan fingerprint density at radius 1 is 1.38 bits per heavy atom. The number of amides is 3. The number of nitrogens with one attached hydrogen (secondary N) is 1.